The second-order valence-electron chi connectivity index (χ2n) is 6.18. The van der Waals surface area contributed by atoms with Crippen molar-refractivity contribution >= 4 is 17.7 Å². The van der Waals surface area contributed by atoms with Gasteiger partial charge in [-0.2, -0.15) is 13.2 Å². The fraction of sp³-hybridized carbons (Fsp3) is 0.421. The lowest BCUT2D eigenvalue weighted by atomic mass is 9.70. The van der Waals surface area contributed by atoms with Gasteiger partial charge in [-0.1, -0.05) is 17.7 Å². The van der Waals surface area contributed by atoms with Crippen LogP contribution in [0, 0.1) is 5.92 Å². The fourth-order valence-electron chi connectivity index (χ4n) is 3.37. The Morgan fingerprint density at radius 3 is 2.15 bits per heavy atom. The number of ether oxygens (including phenoxy) is 2. The lowest BCUT2D eigenvalue weighted by Gasteiger charge is -2.33. The van der Waals surface area contributed by atoms with Crippen molar-refractivity contribution in [2.75, 3.05) is 21.3 Å². The number of methoxy groups -OCH3 is 2. The van der Waals surface area contributed by atoms with Crippen molar-refractivity contribution in [2.45, 2.75) is 25.4 Å². The summed E-state index contributed by atoms with van der Waals surface area (Å²) < 4.78 is 48.4. The molecule has 1 aliphatic rings. The summed E-state index contributed by atoms with van der Waals surface area (Å²) in [5, 5.41) is 0. The maximum absolute atomic E-state index is 12.9. The predicted octanol–water partition coefficient (Wildman–Crippen LogP) is 3.54. The Hall–Kier alpha value is -2.64. The Kier molecular flexibility index (Phi) is 6.08. The molecular weight excluding hydrogens is 363 g/mol. The number of benzene rings is 1. The topological polar surface area (TPSA) is 65.0 Å². The number of carbonyl (C=O) groups is 2. The van der Waals surface area contributed by atoms with Crippen LogP contribution in [-0.4, -0.2) is 38.9 Å². The van der Waals surface area contributed by atoms with Crippen LogP contribution in [-0.2, 0) is 25.2 Å². The number of esters is 2. The summed E-state index contributed by atoms with van der Waals surface area (Å²) in [5.41, 5.74) is 0.935. The molecule has 0 aromatic heterocycles. The van der Waals surface area contributed by atoms with Gasteiger partial charge in [0.1, 0.15) is 5.92 Å². The fourth-order valence-corrected chi connectivity index (χ4v) is 3.37. The summed E-state index contributed by atoms with van der Waals surface area (Å²) in [7, 11) is 3.94. The second-order valence-corrected chi connectivity index (χ2v) is 6.18. The maximum Gasteiger partial charge on any atom is 0.416 e. The van der Waals surface area contributed by atoms with Crippen LogP contribution in [0.4, 0.5) is 13.2 Å². The zero-order chi connectivity index (χ0) is 20.4. The van der Waals surface area contributed by atoms with Crippen LogP contribution >= 0.6 is 0 Å². The number of halogens is 3. The van der Waals surface area contributed by atoms with E-state index < -0.39 is 35.5 Å². The van der Waals surface area contributed by atoms with Gasteiger partial charge < -0.3 is 9.47 Å². The quantitative estimate of drug-likeness (QED) is 0.749. The summed E-state index contributed by atoms with van der Waals surface area (Å²) >= 11 is 0. The van der Waals surface area contributed by atoms with Gasteiger partial charge in [0.15, 0.2) is 0 Å². The molecule has 0 spiro atoms. The van der Waals surface area contributed by atoms with Crippen LogP contribution in [0.25, 0.3) is 0 Å². The molecule has 0 saturated carbocycles. The van der Waals surface area contributed by atoms with E-state index in [0.717, 1.165) is 12.1 Å². The summed E-state index contributed by atoms with van der Waals surface area (Å²) in [6, 6.07) is 4.37. The predicted molar refractivity (Wildman–Crippen MR) is 92.4 cm³/mol. The molecule has 0 aliphatic heterocycles. The first-order chi connectivity index (χ1) is 12.6. The zero-order valence-electron chi connectivity index (χ0n) is 15.4. The number of allylic oxidation sites excluding steroid dienone is 1. The van der Waals surface area contributed by atoms with Crippen molar-refractivity contribution in [3.05, 3.63) is 46.5 Å². The first kappa shape index (κ1) is 20.7. The van der Waals surface area contributed by atoms with Crippen LogP contribution in [0.5, 0.6) is 0 Å². The van der Waals surface area contributed by atoms with Gasteiger partial charge in [0.2, 0.25) is 0 Å². The van der Waals surface area contributed by atoms with Gasteiger partial charge in [0, 0.05) is 30.7 Å². The average molecular weight is 383 g/mol. The van der Waals surface area contributed by atoms with Crippen LogP contribution in [0.15, 0.2) is 40.4 Å². The van der Waals surface area contributed by atoms with Crippen molar-refractivity contribution in [3.8, 4) is 0 Å². The molecule has 5 nitrogen and oxygen atoms in total. The Balaban J connectivity index is 2.67. The first-order valence-electron chi connectivity index (χ1n) is 8.14. The lowest BCUT2D eigenvalue weighted by Crippen LogP contribution is -2.38. The summed E-state index contributed by atoms with van der Waals surface area (Å²) in [4.78, 5) is 29.0. The number of aliphatic imine (C=N–C) groups is 1. The Bertz CT molecular complexity index is 794. The minimum absolute atomic E-state index is 0.236. The largest absolute Gasteiger partial charge is 0.468 e. The van der Waals surface area contributed by atoms with Gasteiger partial charge in [-0.25, -0.2) is 4.79 Å². The molecule has 1 aromatic rings. The first-order valence-corrected chi connectivity index (χ1v) is 8.14. The molecule has 2 rings (SSSR count). The van der Waals surface area contributed by atoms with Crippen molar-refractivity contribution in [1.82, 2.24) is 0 Å². The normalized spacial score (nSPS) is 22.0. The van der Waals surface area contributed by atoms with Crippen LogP contribution in [0.3, 0.4) is 0 Å². The summed E-state index contributed by atoms with van der Waals surface area (Å²) in [6.07, 6.45) is -4.21. The van der Waals surface area contributed by atoms with Gasteiger partial charge >= 0.3 is 18.1 Å². The SMILES string of the molecule is CN=C1CC(C)=C(C(=O)OC)C(c2ccc(C(F)(F)F)cc2)C1C(=O)OC. The number of hydrogen-bond donors (Lipinski definition) is 0. The highest BCUT2D eigenvalue weighted by Crippen LogP contribution is 2.42. The third-order valence-corrected chi connectivity index (χ3v) is 4.65. The number of hydrogen-bond acceptors (Lipinski definition) is 5. The highest BCUT2D eigenvalue weighted by molar-refractivity contribution is 6.09. The van der Waals surface area contributed by atoms with Gasteiger partial charge in [-0.15, -0.1) is 0 Å². The highest BCUT2D eigenvalue weighted by Gasteiger charge is 2.44. The van der Waals surface area contributed by atoms with Gasteiger partial charge in [0.05, 0.1) is 19.8 Å². The smallest absolute Gasteiger partial charge is 0.416 e. The van der Waals surface area contributed by atoms with E-state index >= 15 is 0 Å². The minimum Gasteiger partial charge on any atom is -0.468 e. The molecule has 0 fully saturated rings. The van der Waals surface area contributed by atoms with Crippen molar-refractivity contribution < 1.29 is 32.2 Å². The van der Waals surface area contributed by atoms with Crippen LogP contribution in [0.1, 0.15) is 30.4 Å². The van der Waals surface area contributed by atoms with E-state index in [1.807, 2.05) is 0 Å². The van der Waals surface area contributed by atoms with Gasteiger partial charge in [-0.3, -0.25) is 9.79 Å². The Morgan fingerprint density at radius 2 is 1.70 bits per heavy atom. The van der Waals surface area contributed by atoms with Crippen molar-refractivity contribution in [1.29, 1.82) is 0 Å². The van der Waals surface area contributed by atoms with E-state index in [1.54, 1.807) is 6.92 Å². The third-order valence-electron chi connectivity index (χ3n) is 4.65. The van der Waals surface area contributed by atoms with Gasteiger partial charge in [-0.05, 0) is 24.6 Å². The number of rotatable bonds is 3. The van der Waals surface area contributed by atoms with E-state index in [4.69, 9.17) is 9.47 Å². The number of carbonyl (C=O) groups excluding carboxylic acids is 2. The van der Waals surface area contributed by atoms with E-state index in [1.165, 1.54) is 33.4 Å². The lowest BCUT2D eigenvalue weighted by molar-refractivity contribution is -0.144. The molecule has 146 valence electrons. The monoisotopic (exact) mass is 383 g/mol. The van der Waals surface area contributed by atoms with Crippen molar-refractivity contribution in [3.63, 3.8) is 0 Å². The highest BCUT2D eigenvalue weighted by atomic mass is 19.4. The summed E-state index contributed by atoms with van der Waals surface area (Å²) in [6.45, 7) is 1.71. The molecule has 2 unspecified atom stereocenters. The Labute approximate surface area is 154 Å². The second kappa shape index (κ2) is 7.94. The third kappa shape index (κ3) is 4.04. The molecule has 0 N–H and O–H groups in total. The molecule has 0 heterocycles. The maximum atomic E-state index is 12.9. The minimum atomic E-state index is -4.49. The van der Waals surface area contributed by atoms with Crippen molar-refractivity contribution in [2.24, 2.45) is 10.9 Å². The van der Waals surface area contributed by atoms with Crippen LogP contribution in [0.2, 0.25) is 0 Å². The molecule has 1 aromatic carbocycles. The molecule has 8 heteroatoms. The molecule has 0 amide bonds. The average Bonchev–Trinajstić information content (AvgIpc) is 2.65. The van der Waals surface area contributed by atoms with E-state index in [-0.39, 0.29) is 12.0 Å². The van der Waals surface area contributed by atoms with Crippen LogP contribution < -0.4 is 0 Å². The molecule has 27 heavy (non-hydrogen) atoms. The molecular formula is C19H20F3NO4. The van der Waals surface area contributed by atoms with E-state index in [0.29, 0.717) is 16.8 Å². The number of nitrogens with zero attached hydrogens (tertiary/aromatic N) is 1. The van der Waals surface area contributed by atoms with E-state index in [9.17, 15) is 22.8 Å². The Morgan fingerprint density at radius 1 is 1.11 bits per heavy atom. The molecule has 0 saturated heterocycles. The number of alkyl halides is 3. The standard InChI is InChI=1S/C19H20F3NO4/c1-10-9-13(23-2)16(18(25)27-4)15(14(10)17(24)26-3)11-5-7-12(8-6-11)19(20,21)22/h5-8,15-16H,9H2,1-4H3. The molecule has 0 radical (unpaired) electrons. The molecule has 1 aliphatic carbocycles. The van der Waals surface area contributed by atoms with Gasteiger partial charge in [0.25, 0.3) is 0 Å². The molecule has 0 bridgehead atoms. The summed E-state index contributed by atoms with van der Waals surface area (Å²) in [5.74, 6) is -3.02. The molecule has 2 atom stereocenters. The zero-order valence-corrected chi connectivity index (χ0v) is 15.4. The van der Waals surface area contributed by atoms with E-state index in [2.05, 4.69) is 4.99 Å².